The number of hydrogen-bond donors (Lipinski definition) is 2. The van der Waals surface area contributed by atoms with Crippen LogP contribution in [-0.4, -0.2) is 24.5 Å². The van der Waals surface area contributed by atoms with Gasteiger partial charge in [0.25, 0.3) is 5.91 Å². The van der Waals surface area contributed by atoms with E-state index < -0.39 is 24.5 Å². The molecule has 148 valence electrons. The number of fused-ring (bicyclic) bond motifs is 1. The van der Waals surface area contributed by atoms with E-state index >= 15 is 0 Å². The number of nitrogens with one attached hydrogen (secondary N) is 2. The number of carbonyl (C=O) groups excluding carboxylic acids is 3. The Kier molecular flexibility index (Phi) is 6.81. The summed E-state index contributed by atoms with van der Waals surface area (Å²) in [6.45, 7) is 2.00. The first-order valence-corrected chi connectivity index (χ1v) is 10.3. The molecule has 1 atom stereocenters. The Hall–Kier alpha value is -2.67. The molecular weight excluding hydrogens is 376 g/mol. The predicted octanol–water partition coefficient (Wildman–Crippen LogP) is 3.45. The van der Waals surface area contributed by atoms with Gasteiger partial charge in [0.2, 0.25) is 0 Å². The third kappa shape index (κ3) is 5.42. The lowest BCUT2D eigenvalue weighted by Gasteiger charge is -2.19. The van der Waals surface area contributed by atoms with Crippen molar-refractivity contribution in [2.75, 3.05) is 6.61 Å². The number of ether oxygens (including phenoxy) is 1. The topological polar surface area (TPSA) is 84.5 Å². The molecule has 2 aromatic rings. The fourth-order valence-corrected chi connectivity index (χ4v) is 4.34. The summed E-state index contributed by atoms with van der Waals surface area (Å²) in [4.78, 5) is 37.6. The molecule has 0 aliphatic heterocycles. The van der Waals surface area contributed by atoms with Gasteiger partial charge in [0.1, 0.15) is 4.88 Å². The maximum absolute atomic E-state index is 12.2. The molecule has 1 heterocycles. The normalized spacial score (nSPS) is 15.4. The SMILES string of the molecule is CC[C@H]1CCc2sc(C(=O)OCC(=O)NC(=O)NCc3ccccc3)cc2C1. The Morgan fingerprint density at radius 3 is 2.75 bits per heavy atom. The van der Waals surface area contributed by atoms with Crippen LogP contribution in [0.25, 0.3) is 0 Å². The van der Waals surface area contributed by atoms with Gasteiger partial charge >= 0.3 is 12.0 Å². The lowest BCUT2D eigenvalue weighted by Crippen LogP contribution is -2.41. The van der Waals surface area contributed by atoms with Crippen LogP contribution in [-0.2, 0) is 28.9 Å². The number of rotatable bonds is 6. The average molecular weight is 401 g/mol. The van der Waals surface area contributed by atoms with Crippen LogP contribution in [0, 0.1) is 5.92 Å². The summed E-state index contributed by atoms with van der Waals surface area (Å²) in [5, 5.41) is 4.74. The molecule has 0 saturated heterocycles. The molecule has 1 aromatic carbocycles. The van der Waals surface area contributed by atoms with Crippen LogP contribution in [0.1, 0.15) is 45.4 Å². The van der Waals surface area contributed by atoms with Gasteiger partial charge in [-0.05, 0) is 42.4 Å². The minimum absolute atomic E-state index is 0.305. The molecule has 0 spiro atoms. The van der Waals surface area contributed by atoms with Gasteiger partial charge in [-0.15, -0.1) is 11.3 Å². The molecule has 0 fully saturated rings. The van der Waals surface area contributed by atoms with Gasteiger partial charge in [0.15, 0.2) is 6.61 Å². The summed E-state index contributed by atoms with van der Waals surface area (Å²) in [7, 11) is 0. The zero-order valence-corrected chi connectivity index (χ0v) is 16.6. The largest absolute Gasteiger partial charge is 0.451 e. The monoisotopic (exact) mass is 400 g/mol. The number of thiophene rings is 1. The number of amides is 3. The summed E-state index contributed by atoms with van der Waals surface area (Å²) < 4.78 is 5.06. The number of carbonyl (C=O) groups is 3. The van der Waals surface area contributed by atoms with Crippen molar-refractivity contribution in [1.29, 1.82) is 0 Å². The van der Waals surface area contributed by atoms with Crippen molar-refractivity contribution in [3.8, 4) is 0 Å². The number of imide groups is 1. The van der Waals surface area contributed by atoms with E-state index in [9.17, 15) is 14.4 Å². The van der Waals surface area contributed by atoms with Crippen LogP contribution in [0.3, 0.4) is 0 Å². The Balaban J connectivity index is 1.42. The van der Waals surface area contributed by atoms with Crippen molar-refractivity contribution in [3.63, 3.8) is 0 Å². The van der Waals surface area contributed by atoms with Crippen molar-refractivity contribution < 1.29 is 19.1 Å². The van der Waals surface area contributed by atoms with Gasteiger partial charge in [-0.1, -0.05) is 43.7 Å². The smallest absolute Gasteiger partial charge is 0.348 e. The summed E-state index contributed by atoms with van der Waals surface area (Å²) >= 11 is 1.44. The Morgan fingerprint density at radius 1 is 1.21 bits per heavy atom. The zero-order chi connectivity index (χ0) is 19.9. The fraction of sp³-hybridized carbons (Fsp3) is 0.381. The van der Waals surface area contributed by atoms with Crippen molar-refractivity contribution in [1.82, 2.24) is 10.6 Å². The lowest BCUT2D eigenvalue weighted by molar-refractivity contribution is -0.123. The maximum atomic E-state index is 12.2. The molecule has 3 rings (SSSR count). The van der Waals surface area contributed by atoms with Gasteiger partial charge in [-0.2, -0.15) is 0 Å². The lowest BCUT2D eigenvalue weighted by atomic mass is 9.87. The quantitative estimate of drug-likeness (QED) is 0.728. The van der Waals surface area contributed by atoms with E-state index in [1.54, 1.807) is 0 Å². The molecule has 28 heavy (non-hydrogen) atoms. The summed E-state index contributed by atoms with van der Waals surface area (Å²) in [6.07, 6.45) is 4.28. The fourth-order valence-electron chi connectivity index (χ4n) is 3.24. The van der Waals surface area contributed by atoms with Crippen molar-refractivity contribution in [2.45, 2.75) is 39.2 Å². The summed E-state index contributed by atoms with van der Waals surface area (Å²) in [5.41, 5.74) is 2.14. The number of esters is 1. The van der Waals surface area contributed by atoms with Crippen LogP contribution in [0.4, 0.5) is 4.79 Å². The minimum Gasteiger partial charge on any atom is -0.451 e. The number of urea groups is 1. The molecule has 1 aliphatic carbocycles. The van der Waals surface area contributed by atoms with E-state index in [0.29, 0.717) is 17.3 Å². The Bertz CT molecular complexity index is 847. The molecule has 1 aliphatic rings. The van der Waals surface area contributed by atoms with Crippen LogP contribution >= 0.6 is 11.3 Å². The van der Waals surface area contributed by atoms with E-state index in [-0.39, 0.29) is 0 Å². The van der Waals surface area contributed by atoms with Gasteiger partial charge in [0.05, 0.1) is 0 Å². The zero-order valence-electron chi connectivity index (χ0n) is 15.8. The van der Waals surface area contributed by atoms with Crippen molar-refractivity contribution in [2.24, 2.45) is 5.92 Å². The number of aryl methyl sites for hydroxylation is 1. The van der Waals surface area contributed by atoms with E-state index in [1.165, 1.54) is 21.8 Å². The first-order chi connectivity index (χ1) is 13.5. The molecule has 2 N–H and O–H groups in total. The van der Waals surface area contributed by atoms with Crippen molar-refractivity contribution >= 4 is 29.2 Å². The van der Waals surface area contributed by atoms with Crippen LogP contribution in [0.2, 0.25) is 0 Å². The number of benzene rings is 1. The highest BCUT2D eigenvalue weighted by atomic mass is 32.1. The molecule has 0 saturated carbocycles. The Morgan fingerprint density at radius 2 is 2.00 bits per heavy atom. The van der Waals surface area contributed by atoms with E-state index in [0.717, 1.165) is 31.2 Å². The third-order valence-electron chi connectivity index (χ3n) is 4.85. The van der Waals surface area contributed by atoms with Crippen molar-refractivity contribution in [3.05, 3.63) is 57.3 Å². The maximum Gasteiger partial charge on any atom is 0.348 e. The molecule has 7 heteroatoms. The second-order valence-corrected chi connectivity index (χ2v) is 8.01. The molecule has 3 amide bonds. The molecule has 1 aromatic heterocycles. The van der Waals surface area contributed by atoms with E-state index in [2.05, 4.69) is 17.6 Å². The van der Waals surface area contributed by atoms with E-state index in [4.69, 9.17) is 4.74 Å². The minimum atomic E-state index is -0.661. The Labute approximate surface area is 168 Å². The molecule has 0 radical (unpaired) electrons. The number of hydrogen-bond acceptors (Lipinski definition) is 5. The summed E-state index contributed by atoms with van der Waals surface area (Å²) in [6, 6.07) is 10.6. The standard InChI is InChI=1S/C21H24N2O4S/c1-2-14-8-9-17-16(10-14)11-18(28-17)20(25)27-13-19(24)23-21(26)22-12-15-6-4-3-5-7-15/h3-7,11,14H,2,8-10,12-13H2,1H3,(H2,22,23,24,26)/t14-/m0/s1. The second kappa shape index (κ2) is 9.50. The van der Waals surface area contributed by atoms with Crippen LogP contribution in [0.15, 0.2) is 36.4 Å². The van der Waals surface area contributed by atoms with Gasteiger partial charge in [0, 0.05) is 11.4 Å². The molecule has 6 nitrogen and oxygen atoms in total. The molecular formula is C21H24N2O4S. The third-order valence-corrected chi connectivity index (χ3v) is 6.06. The highest BCUT2D eigenvalue weighted by Crippen LogP contribution is 2.33. The van der Waals surface area contributed by atoms with E-state index in [1.807, 2.05) is 36.4 Å². The van der Waals surface area contributed by atoms with Gasteiger partial charge < -0.3 is 10.1 Å². The summed E-state index contributed by atoms with van der Waals surface area (Å²) in [5.74, 6) is -0.510. The highest BCUT2D eigenvalue weighted by Gasteiger charge is 2.23. The first-order valence-electron chi connectivity index (χ1n) is 9.45. The van der Waals surface area contributed by atoms with Gasteiger partial charge in [-0.25, -0.2) is 9.59 Å². The predicted molar refractivity (Wildman–Crippen MR) is 107 cm³/mol. The molecule has 0 bridgehead atoms. The second-order valence-electron chi connectivity index (χ2n) is 6.87. The first kappa shape index (κ1) is 20.1. The average Bonchev–Trinajstić information content (AvgIpc) is 3.14. The highest BCUT2D eigenvalue weighted by molar-refractivity contribution is 7.14. The van der Waals surface area contributed by atoms with Crippen LogP contribution in [0.5, 0.6) is 0 Å². The molecule has 0 unspecified atom stereocenters. The van der Waals surface area contributed by atoms with Crippen LogP contribution < -0.4 is 10.6 Å². The van der Waals surface area contributed by atoms with Gasteiger partial charge in [-0.3, -0.25) is 10.1 Å².